The van der Waals surface area contributed by atoms with Crippen LogP contribution in [0, 0.1) is 5.82 Å². The Kier molecular flexibility index (Phi) is 4.25. The van der Waals surface area contributed by atoms with Crippen LogP contribution in [0.2, 0.25) is 0 Å². The van der Waals surface area contributed by atoms with Gasteiger partial charge in [0.1, 0.15) is 0 Å². The molecule has 0 saturated carbocycles. The van der Waals surface area contributed by atoms with Gasteiger partial charge < -0.3 is 15.0 Å². The van der Waals surface area contributed by atoms with Gasteiger partial charge in [-0.15, -0.1) is 0 Å². The third kappa shape index (κ3) is 3.46. The molecule has 110 valence electrons. The summed E-state index contributed by atoms with van der Waals surface area (Å²) >= 11 is 0. The minimum atomic E-state index is -0.403. The molecule has 5 nitrogen and oxygen atoms in total. The van der Waals surface area contributed by atoms with Crippen molar-refractivity contribution in [1.29, 1.82) is 0 Å². The standard InChI is InChI=1S/C15H17FN4O/c16-13-4-1-2-5-14(13)21-12-10-18-15(19-11-12)20-8-3-6-17-7-9-20/h1-2,4-5,10-11,17H,3,6-9H2. The number of rotatable bonds is 3. The predicted octanol–water partition coefficient (Wildman–Crippen LogP) is 2.21. The summed E-state index contributed by atoms with van der Waals surface area (Å²) < 4.78 is 19.0. The van der Waals surface area contributed by atoms with Crippen LogP contribution in [0.4, 0.5) is 10.3 Å². The lowest BCUT2D eigenvalue weighted by molar-refractivity contribution is 0.438. The Balaban J connectivity index is 1.70. The predicted molar refractivity (Wildman–Crippen MR) is 78.2 cm³/mol. The number of nitrogens with one attached hydrogen (secondary N) is 1. The van der Waals surface area contributed by atoms with Crippen LogP contribution < -0.4 is 15.0 Å². The Bertz CT molecular complexity index is 582. The van der Waals surface area contributed by atoms with E-state index in [1.54, 1.807) is 30.6 Å². The van der Waals surface area contributed by atoms with Crippen LogP contribution in [0.1, 0.15) is 6.42 Å². The summed E-state index contributed by atoms with van der Waals surface area (Å²) in [5, 5.41) is 3.33. The van der Waals surface area contributed by atoms with Gasteiger partial charge in [0.2, 0.25) is 5.95 Å². The Morgan fingerprint density at radius 2 is 1.90 bits per heavy atom. The molecular formula is C15H17FN4O. The van der Waals surface area contributed by atoms with Crippen LogP contribution in [0.25, 0.3) is 0 Å². The zero-order valence-electron chi connectivity index (χ0n) is 11.6. The van der Waals surface area contributed by atoms with E-state index in [0.717, 1.165) is 32.6 Å². The quantitative estimate of drug-likeness (QED) is 0.938. The molecule has 1 N–H and O–H groups in total. The fraction of sp³-hybridized carbons (Fsp3) is 0.333. The van der Waals surface area contributed by atoms with Crippen LogP contribution in [-0.4, -0.2) is 36.1 Å². The van der Waals surface area contributed by atoms with Gasteiger partial charge in [0.15, 0.2) is 17.3 Å². The molecule has 1 aromatic carbocycles. The molecule has 6 heteroatoms. The molecule has 21 heavy (non-hydrogen) atoms. The van der Waals surface area contributed by atoms with Crippen molar-refractivity contribution in [3.05, 3.63) is 42.5 Å². The third-order valence-corrected chi connectivity index (χ3v) is 3.30. The van der Waals surface area contributed by atoms with Crippen molar-refractivity contribution in [2.45, 2.75) is 6.42 Å². The van der Waals surface area contributed by atoms with E-state index in [-0.39, 0.29) is 5.75 Å². The lowest BCUT2D eigenvalue weighted by Gasteiger charge is -2.19. The summed E-state index contributed by atoms with van der Waals surface area (Å²) in [6.07, 6.45) is 4.22. The molecule has 3 rings (SSSR count). The number of aromatic nitrogens is 2. The van der Waals surface area contributed by atoms with Crippen molar-refractivity contribution >= 4 is 5.95 Å². The fourth-order valence-corrected chi connectivity index (χ4v) is 2.23. The smallest absolute Gasteiger partial charge is 0.225 e. The van der Waals surface area contributed by atoms with Gasteiger partial charge in [-0.25, -0.2) is 14.4 Å². The second-order valence-corrected chi connectivity index (χ2v) is 4.84. The number of para-hydroxylation sites is 1. The van der Waals surface area contributed by atoms with E-state index >= 15 is 0 Å². The molecule has 0 amide bonds. The highest BCUT2D eigenvalue weighted by molar-refractivity contribution is 5.34. The molecule has 1 aliphatic heterocycles. The molecule has 0 aliphatic carbocycles. The normalized spacial score (nSPS) is 15.6. The van der Waals surface area contributed by atoms with E-state index < -0.39 is 5.82 Å². The number of hydrogen-bond donors (Lipinski definition) is 1. The Morgan fingerprint density at radius 3 is 2.71 bits per heavy atom. The van der Waals surface area contributed by atoms with Crippen molar-refractivity contribution in [3.8, 4) is 11.5 Å². The van der Waals surface area contributed by atoms with E-state index in [2.05, 4.69) is 20.2 Å². The first kappa shape index (κ1) is 13.8. The summed E-state index contributed by atoms with van der Waals surface area (Å²) in [6.45, 7) is 3.76. The van der Waals surface area contributed by atoms with Gasteiger partial charge in [0, 0.05) is 19.6 Å². The average molecular weight is 288 g/mol. The zero-order chi connectivity index (χ0) is 14.5. The monoisotopic (exact) mass is 288 g/mol. The van der Waals surface area contributed by atoms with Gasteiger partial charge in [0.05, 0.1) is 12.4 Å². The number of anilines is 1. The van der Waals surface area contributed by atoms with E-state index in [1.165, 1.54) is 6.07 Å². The summed E-state index contributed by atoms with van der Waals surface area (Å²) in [7, 11) is 0. The van der Waals surface area contributed by atoms with Gasteiger partial charge in [-0.2, -0.15) is 0 Å². The highest BCUT2D eigenvalue weighted by atomic mass is 19.1. The molecule has 1 saturated heterocycles. The zero-order valence-corrected chi connectivity index (χ0v) is 11.6. The average Bonchev–Trinajstić information content (AvgIpc) is 2.80. The van der Waals surface area contributed by atoms with E-state index in [9.17, 15) is 4.39 Å². The molecule has 0 atom stereocenters. The minimum absolute atomic E-state index is 0.174. The van der Waals surface area contributed by atoms with Crippen molar-refractivity contribution in [3.63, 3.8) is 0 Å². The fourth-order valence-electron chi connectivity index (χ4n) is 2.23. The highest BCUT2D eigenvalue weighted by Crippen LogP contribution is 2.23. The second kappa shape index (κ2) is 6.49. The molecule has 0 radical (unpaired) electrons. The van der Waals surface area contributed by atoms with Crippen LogP contribution in [0.15, 0.2) is 36.7 Å². The molecule has 0 spiro atoms. The Hall–Kier alpha value is -2.21. The van der Waals surface area contributed by atoms with Crippen molar-refractivity contribution in [1.82, 2.24) is 15.3 Å². The summed E-state index contributed by atoms with van der Waals surface area (Å²) in [4.78, 5) is 10.8. The molecule has 2 heterocycles. The van der Waals surface area contributed by atoms with Gasteiger partial charge >= 0.3 is 0 Å². The molecule has 2 aromatic rings. The Morgan fingerprint density at radius 1 is 1.10 bits per heavy atom. The van der Waals surface area contributed by atoms with Crippen molar-refractivity contribution < 1.29 is 9.13 Å². The number of hydrogen-bond acceptors (Lipinski definition) is 5. The molecular weight excluding hydrogens is 271 g/mol. The van der Waals surface area contributed by atoms with Crippen LogP contribution in [0.5, 0.6) is 11.5 Å². The number of halogens is 1. The Labute approximate surface area is 122 Å². The van der Waals surface area contributed by atoms with E-state index in [1.807, 2.05) is 0 Å². The van der Waals surface area contributed by atoms with Crippen LogP contribution in [-0.2, 0) is 0 Å². The molecule has 1 fully saturated rings. The molecule has 0 bridgehead atoms. The third-order valence-electron chi connectivity index (χ3n) is 3.30. The van der Waals surface area contributed by atoms with Gasteiger partial charge in [-0.3, -0.25) is 0 Å². The lowest BCUT2D eigenvalue weighted by Crippen LogP contribution is -2.29. The first-order valence-electron chi connectivity index (χ1n) is 7.03. The molecule has 1 aromatic heterocycles. The van der Waals surface area contributed by atoms with Crippen molar-refractivity contribution in [2.75, 3.05) is 31.1 Å². The molecule has 1 aliphatic rings. The summed E-state index contributed by atoms with van der Waals surface area (Å²) in [5.74, 6) is 0.879. The molecule has 0 unspecified atom stereocenters. The van der Waals surface area contributed by atoms with Crippen LogP contribution >= 0.6 is 0 Å². The highest BCUT2D eigenvalue weighted by Gasteiger charge is 2.12. The number of nitrogens with zero attached hydrogens (tertiary/aromatic N) is 3. The van der Waals surface area contributed by atoms with E-state index in [4.69, 9.17) is 4.74 Å². The van der Waals surface area contributed by atoms with Gasteiger partial charge in [-0.05, 0) is 25.1 Å². The SMILES string of the molecule is Fc1ccccc1Oc1cnc(N2CCCNCC2)nc1. The maximum absolute atomic E-state index is 13.5. The number of ether oxygens (including phenoxy) is 1. The first-order valence-corrected chi connectivity index (χ1v) is 7.03. The summed E-state index contributed by atoms with van der Waals surface area (Å²) in [6, 6.07) is 6.27. The number of benzene rings is 1. The topological polar surface area (TPSA) is 50.3 Å². The minimum Gasteiger partial charge on any atom is -0.451 e. The van der Waals surface area contributed by atoms with Crippen molar-refractivity contribution in [2.24, 2.45) is 0 Å². The van der Waals surface area contributed by atoms with Gasteiger partial charge in [-0.1, -0.05) is 12.1 Å². The summed E-state index contributed by atoms with van der Waals surface area (Å²) in [5.41, 5.74) is 0. The first-order chi connectivity index (χ1) is 10.3. The van der Waals surface area contributed by atoms with Crippen LogP contribution in [0.3, 0.4) is 0 Å². The van der Waals surface area contributed by atoms with E-state index in [0.29, 0.717) is 11.7 Å². The maximum Gasteiger partial charge on any atom is 0.225 e. The second-order valence-electron chi connectivity index (χ2n) is 4.84. The van der Waals surface area contributed by atoms with Gasteiger partial charge in [0.25, 0.3) is 0 Å². The maximum atomic E-state index is 13.5. The lowest BCUT2D eigenvalue weighted by atomic mass is 10.3. The largest absolute Gasteiger partial charge is 0.451 e.